The summed E-state index contributed by atoms with van der Waals surface area (Å²) in [7, 11) is 1.69. The molecule has 1 heterocycles. The van der Waals surface area contributed by atoms with Gasteiger partial charge in [0.1, 0.15) is 5.82 Å². The quantitative estimate of drug-likeness (QED) is 0.604. The van der Waals surface area contributed by atoms with E-state index in [-0.39, 0.29) is 11.7 Å². The molecule has 2 amide bonds. The molecule has 0 saturated carbocycles. The predicted molar refractivity (Wildman–Crippen MR) is 93.9 cm³/mol. The van der Waals surface area contributed by atoms with Crippen LogP contribution in [0.4, 0.5) is 10.1 Å². The van der Waals surface area contributed by atoms with Crippen LogP contribution in [0.3, 0.4) is 0 Å². The van der Waals surface area contributed by atoms with Gasteiger partial charge in [0, 0.05) is 39.4 Å². The van der Waals surface area contributed by atoms with E-state index in [4.69, 9.17) is 4.74 Å². The summed E-state index contributed by atoms with van der Waals surface area (Å²) in [6.45, 7) is 5.23. The van der Waals surface area contributed by atoms with E-state index in [9.17, 15) is 14.0 Å². The summed E-state index contributed by atoms with van der Waals surface area (Å²) in [5.41, 5.74) is 0.760. The average Bonchev–Trinajstić information content (AvgIpc) is 2.59. The molecule has 1 aromatic carbocycles. The molecule has 2 N–H and O–H groups in total. The SMILES string of the molecule is COCCCN1CCC(NC(=O)C(=O)Nc2ccc(C)cc2F)CC1. The maximum atomic E-state index is 13.7. The maximum Gasteiger partial charge on any atom is 0.313 e. The van der Waals surface area contributed by atoms with Crippen LogP contribution in [-0.2, 0) is 14.3 Å². The second-order valence-electron chi connectivity index (χ2n) is 6.37. The number of nitrogens with one attached hydrogen (secondary N) is 2. The van der Waals surface area contributed by atoms with Crippen molar-refractivity contribution < 1.29 is 18.7 Å². The molecule has 25 heavy (non-hydrogen) atoms. The van der Waals surface area contributed by atoms with E-state index >= 15 is 0 Å². The van der Waals surface area contributed by atoms with Gasteiger partial charge >= 0.3 is 11.8 Å². The molecule has 6 nitrogen and oxygen atoms in total. The second-order valence-corrected chi connectivity index (χ2v) is 6.37. The Kier molecular flexibility index (Phi) is 7.33. The summed E-state index contributed by atoms with van der Waals surface area (Å²) in [5, 5.41) is 5.05. The van der Waals surface area contributed by atoms with Gasteiger partial charge in [-0.2, -0.15) is 0 Å². The highest BCUT2D eigenvalue weighted by atomic mass is 19.1. The number of aryl methyl sites for hydroxylation is 1. The van der Waals surface area contributed by atoms with Gasteiger partial charge in [0.15, 0.2) is 0 Å². The highest BCUT2D eigenvalue weighted by Gasteiger charge is 2.23. The van der Waals surface area contributed by atoms with Gasteiger partial charge in [-0.3, -0.25) is 9.59 Å². The first-order valence-corrected chi connectivity index (χ1v) is 8.59. The predicted octanol–water partition coefficient (Wildman–Crippen LogP) is 1.69. The van der Waals surface area contributed by atoms with Crippen LogP contribution < -0.4 is 10.6 Å². The number of anilines is 1. The van der Waals surface area contributed by atoms with Gasteiger partial charge in [0.25, 0.3) is 0 Å². The van der Waals surface area contributed by atoms with E-state index in [1.807, 2.05) is 0 Å². The highest BCUT2D eigenvalue weighted by Crippen LogP contribution is 2.15. The van der Waals surface area contributed by atoms with E-state index in [1.54, 1.807) is 20.1 Å². The summed E-state index contributed by atoms with van der Waals surface area (Å²) >= 11 is 0. The zero-order valence-electron chi connectivity index (χ0n) is 14.8. The highest BCUT2D eigenvalue weighted by molar-refractivity contribution is 6.39. The summed E-state index contributed by atoms with van der Waals surface area (Å²) in [6.07, 6.45) is 2.58. The standard InChI is InChI=1S/C18H26FN3O3/c1-13-4-5-16(15(19)12-13)21-18(24)17(23)20-14-6-9-22(10-7-14)8-3-11-25-2/h4-5,12,14H,3,6-11H2,1-2H3,(H,20,23)(H,21,24). The lowest BCUT2D eigenvalue weighted by Gasteiger charge is -2.32. The maximum absolute atomic E-state index is 13.7. The molecule has 0 spiro atoms. The van der Waals surface area contributed by atoms with Crippen molar-refractivity contribution >= 4 is 17.5 Å². The number of hydrogen-bond donors (Lipinski definition) is 2. The molecule has 138 valence electrons. The summed E-state index contributed by atoms with van der Waals surface area (Å²) < 4.78 is 18.8. The third-order valence-corrected chi connectivity index (χ3v) is 4.32. The van der Waals surface area contributed by atoms with Crippen molar-refractivity contribution in [1.82, 2.24) is 10.2 Å². The number of amides is 2. The van der Waals surface area contributed by atoms with Crippen LogP contribution in [0.15, 0.2) is 18.2 Å². The molecule has 1 fully saturated rings. The third kappa shape index (κ3) is 6.10. The van der Waals surface area contributed by atoms with E-state index in [0.29, 0.717) is 0 Å². The minimum Gasteiger partial charge on any atom is -0.385 e. The number of ether oxygens (including phenoxy) is 1. The fourth-order valence-electron chi connectivity index (χ4n) is 2.88. The van der Waals surface area contributed by atoms with Crippen molar-refractivity contribution in [3.05, 3.63) is 29.6 Å². The Balaban J connectivity index is 1.75. The lowest BCUT2D eigenvalue weighted by Crippen LogP contribution is -2.47. The van der Waals surface area contributed by atoms with Crippen molar-refractivity contribution in [2.24, 2.45) is 0 Å². The first-order chi connectivity index (χ1) is 12.0. The molecule has 1 saturated heterocycles. The zero-order valence-corrected chi connectivity index (χ0v) is 14.8. The van der Waals surface area contributed by atoms with Crippen molar-refractivity contribution in [2.45, 2.75) is 32.2 Å². The number of hydrogen-bond acceptors (Lipinski definition) is 4. The van der Waals surface area contributed by atoms with E-state index < -0.39 is 17.6 Å². The average molecular weight is 351 g/mol. The lowest BCUT2D eigenvalue weighted by atomic mass is 10.0. The molecular formula is C18H26FN3O3. The monoisotopic (exact) mass is 351 g/mol. The van der Waals surface area contributed by atoms with Crippen molar-refractivity contribution in [3.8, 4) is 0 Å². The number of carbonyl (C=O) groups excluding carboxylic acids is 2. The third-order valence-electron chi connectivity index (χ3n) is 4.32. The number of likely N-dealkylation sites (tertiary alicyclic amines) is 1. The molecule has 2 rings (SSSR count). The molecule has 1 aliphatic rings. The fourth-order valence-corrected chi connectivity index (χ4v) is 2.88. The normalized spacial score (nSPS) is 15.8. The van der Waals surface area contributed by atoms with E-state index in [0.717, 1.165) is 51.1 Å². The summed E-state index contributed by atoms with van der Waals surface area (Å²) in [6, 6.07) is 4.41. The van der Waals surface area contributed by atoms with Gasteiger partial charge in [-0.25, -0.2) is 4.39 Å². The Morgan fingerprint density at radius 3 is 2.64 bits per heavy atom. The minimum absolute atomic E-state index is 0.0127. The lowest BCUT2D eigenvalue weighted by molar-refractivity contribution is -0.136. The Morgan fingerprint density at radius 1 is 1.28 bits per heavy atom. The summed E-state index contributed by atoms with van der Waals surface area (Å²) in [5.74, 6) is -2.12. The number of piperidine rings is 1. The number of rotatable bonds is 6. The van der Waals surface area contributed by atoms with Gasteiger partial charge < -0.3 is 20.3 Å². The van der Waals surface area contributed by atoms with Crippen LogP contribution in [0.5, 0.6) is 0 Å². The van der Waals surface area contributed by atoms with Gasteiger partial charge in [0.2, 0.25) is 0 Å². The molecule has 0 aromatic heterocycles. The molecular weight excluding hydrogens is 325 g/mol. The van der Waals surface area contributed by atoms with Gasteiger partial charge in [-0.05, 0) is 43.9 Å². The topological polar surface area (TPSA) is 70.7 Å². The number of methoxy groups -OCH3 is 1. The molecule has 1 aromatic rings. The van der Waals surface area contributed by atoms with E-state index in [2.05, 4.69) is 15.5 Å². The molecule has 0 radical (unpaired) electrons. The molecule has 0 aliphatic carbocycles. The first-order valence-electron chi connectivity index (χ1n) is 8.59. The van der Waals surface area contributed by atoms with Crippen LogP contribution in [0.1, 0.15) is 24.8 Å². The van der Waals surface area contributed by atoms with Gasteiger partial charge in [-0.15, -0.1) is 0 Å². The second kappa shape index (κ2) is 9.48. The van der Waals surface area contributed by atoms with Crippen LogP contribution in [0.2, 0.25) is 0 Å². The number of halogens is 1. The van der Waals surface area contributed by atoms with Crippen molar-refractivity contribution in [1.29, 1.82) is 0 Å². The first kappa shape index (κ1) is 19.3. The van der Waals surface area contributed by atoms with Crippen molar-refractivity contribution in [2.75, 3.05) is 38.7 Å². The van der Waals surface area contributed by atoms with Crippen LogP contribution >= 0.6 is 0 Å². The van der Waals surface area contributed by atoms with Gasteiger partial charge in [0.05, 0.1) is 5.69 Å². The van der Waals surface area contributed by atoms with Crippen LogP contribution in [-0.4, -0.2) is 56.1 Å². The fraction of sp³-hybridized carbons (Fsp3) is 0.556. The van der Waals surface area contributed by atoms with Crippen LogP contribution in [0, 0.1) is 12.7 Å². The summed E-state index contributed by atoms with van der Waals surface area (Å²) in [4.78, 5) is 26.3. The molecule has 7 heteroatoms. The minimum atomic E-state index is -0.842. The number of carbonyl (C=O) groups is 2. The Bertz CT molecular complexity index is 601. The molecule has 1 aliphatic heterocycles. The van der Waals surface area contributed by atoms with Crippen molar-refractivity contribution in [3.63, 3.8) is 0 Å². The zero-order chi connectivity index (χ0) is 18.2. The van der Waals surface area contributed by atoms with Gasteiger partial charge in [-0.1, -0.05) is 6.07 Å². The molecule has 0 unspecified atom stereocenters. The van der Waals surface area contributed by atoms with Crippen LogP contribution in [0.25, 0.3) is 0 Å². The Labute approximate surface area is 147 Å². The molecule has 0 atom stereocenters. The number of nitrogens with zero attached hydrogens (tertiary/aromatic N) is 1. The van der Waals surface area contributed by atoms with E-state index in [1.165, 1.54) is 12.1 Å². The number of benzene rings is 1. The smallest absolute Gasteiger partial charge is 0.313 e. The Morgan fingerprint density at radius 2 is 2.00 bits per heavy atom. The largest absolute Gasteiger partial charge is 0.385 e. The molecule has 0 bridgehead atoms. The Hall–Kier alpha value is -1.99.